The monoisotopic (exact) mass is 374 g/mol. The summed E-state index contributed by atoms with van der Waals surface area (Å²) in [7, 11) is 0. The lowest BCUT2D eigenvalue weighted by atomic mass is 9.83. The molecule has 2 unspecified atom stereocenters. The number of hydrogen-bond acceptors (Lipinski definition) is 9. The first-order valence-corrected chi connectivity index (χ1v) is 8.69. The molecule has 0 aromatic carbocycles. The Kier molecular flexibility index (Phi) is 6.20. The van der Waals surface area contributed by atoms with Crippen LogP contribution in [0.4, 0.5) is 14.4 Å². The Morgan fingerprint density at radius 2 is 1.15 bits per heavy atom. The Labute approximate surface area is 152 Å². The van der Waals surface area contributed by atoms with Crippen molar-refractivity contribution in [2.75, 3.05) is 26.4 Å². The summed E-state index contributed by atoms with van der Waals surface area (Å²) in [5, 5.41) is 0. The van der Waals surface area contributed by atoms with Gasteiger partial charge in [0.15, 0.2) is 0 Å². The highest BCUT2D eigenvalue weighted by molar-refractivity contribution is 5.62. The van der Waals surface area contributed by atoms with Crippen LogP contribution in [0.2, 0.25) is 0 Å². The van der Waals surface area contributed by atoms with Crippen molar-refractivity contribution in [3.63, 3.8) is 0 Å². The first kappa shape index (κ1) is 20.1. The third-order valence-corrected chi connectivity index (χ3v) is 4.85. The molecule has 0 amide bonds. The summed E-state index contributed by atoms with van der Waals surface area (Å²) in [5.74, 6) is 0. The van der Waals surface area contributed by atoms with Gasteiger partial charge < -0.3 is 28.4 Å². The van der Waals surface area contributed by atoms with Crippen molar-refractivity contribution < 1.29 is 42.8 Å². The van der Waals surface area contributed by atoms with Crippen molar-refractivity contribution in [1.29, 1.82) is 0 Å². The lowest BCUT2D eigenvalue weighted by Gasteiger charge is -2.39. The van der Waals surface area contributed by atoms with E-state index in [9.17, 15) is 14.4 Å². The summed E-state index contributed by atoms with van der Waals surface area (Å²) >= 11 is 0. The van der Waals surface area contributed by atoms with E-state index in [0.29, 0.717) is 12.8 Å². The molecule has 9 nitrogen and oxygen atoms in total. The zero-order valence-electron chi connectivity index (χ0n) is 15.6. The van der Waals surface area contributed by atoms with E-state index in [4.69, 9.17) is 28.4 Å². The summed E-state index contributed by atoms with van der Waals surface area (Å²) in [4.78, 5) is 34.5. The van der Waals surface area contributed by atoms with Crippen molar-refractivity contribution in [3.8, 4) is 0 Å². The second-order valence-electron chi connectivity index (χ2n) is 7.24. The molecule has 0 aliphatic carbocycles. The van der Waals surface area contributed by atoms with Crippen molar-refractivity contribution >= 4 is 18.5 Å². The SMILES string of the molecule is CCC(OC(=O)OC(CC)C1(C)COC(=O)OC1)C1(C)COC(=O)OC1. The molecule has 2 saturated heterocycles. The fourth-order valence-corrected chi connectivity index (χ4v) is 3.13. The Morgan fingerprint density at radius 3 is 1.42 bits per heavy atom. The molecule has 2 rings (SSSR count). The third-order valence-electron chi connectivity index (χ3n) is 4.85. The summed E-state index contributed by atoms with van der Waals surface area (Å²) < 4.78 is 30.7. The second-order valence-corrected chi connectivity index (χ2v) is 7.24. The fraction of sp³-hybridized carbons (Fsp3) is 0.824. The molecule has 9 heteroatoms. The van der Waals surface area contributed by atoms with Crippen LogP contribution < -0.4 is 0 Å². The smallest absolute Gasteiger partial charge is 0.433 e. The highest BCUT2D eigenvalue weighted by atomic mass is 16.8. The van der Waals surface area contributed by atoms with Crippen molar-refractivity contribution in [3.05, 3.63) is 0 Å². The highest BCUT2D eigenvalue weighted by Crippen LogP contribution is 2.33. The maximum Gasteiger partial charge on any atom is 0.508 e. The van der Waals surface area contributed by atoms with Gasteiger partial charge in [-0.15, -0.1) is 0 Å². The Bertz CT molecular complexity index is 478. The van der Waals surface area contributed by atoms with E-state index in [0.717, 1.165) is 0 Å². The number of ether oxygens (including phenoxy) is 6. The molecule has 2 fully saturated rings. The zero-order valence-corrected chi connectivity index (χ0v) is 15.6. The molecule has 0 bridgehead atoms. The normalized spacial score (nSPS) is 23.4. The van der Waals surface area contributed by atoms with Crippen molar-refractivity contribution in [2.45, 2.75) is 52.7 Å². The molecule has 0 spiro atoms. The summed E-state index contributed by atoms with van der Waals surface area (Å²) in [5.41, 5.74) is -1.31. The van der Waals surface area contributed by atoms with Crippen LogP contribution in [-0.4, -0.2) is 57.1 Å². The van der Waals surface area contributed by atoms with Gasteiger partial charge in [-0.3, -0.25) is 0 Å². The van der Waals surface area contributed by atoms with Gasteiger partial charge in [0, 0.05) is 0 Å². The minimum atomic E-state index is -0.833. The van der Waals surface area contributed by atoms with Gasteiger partial charge in [-0.05, 0) is 26.7 Å². The van der Waals surface area contributed by atoms with E-state index in [2.05, 4.69) is 0 Å². The van der Waals surface area contributed by atoms with Crippen molar-refractivity contribution in [1.82, 2.24) is 0 Å². The van der Waals surface area contributed by atoms with E-state index in [1.165, 1.54) is 0 Å². The molecule has 0 saturated carbocycles. The van der Waals surface area contributed by atoms with Crippen LogP contribution in [0.15, 0.2) is 0 Å². The van der Waals surface area contributed by atoms with Gasteiger partial charge in [-0.1, -0.05) is 13.8 Å². The highest BCUT2D eigenvalue weighted by Gasteiger charge is 2.45. The average molecular weight is 374 g/mol. The lowest BCUT2D eigenvalue weighted by Crippen LogP contribution is -2.49. The second kappa shape index (κ2) is 8.01. The average Bonchev–Trinajstić information content (AvgIpc) is 2.62. The minimum absolute atomic E-state index is 0.0936. The van der Waals surface area contributed by atoms with Gasteiger partial charge in [0.2, 0.25) is 0 Å². The summed E-state index contributed by atoms with van der Waals surface area (Å²) in [6.45, 7) is 7.71. The number of carbonyl (C=O) groups is 3. The molecule has 2 aliphatic heterocycles. The topological polar surface area (TPSA) is 107 Å². The van der Waals surface area contributed by atoms with Crippen LogP contribution in [0, 0.1) is 10.8 Å². The number of hydrogen-bond donors (Lipinski definition) is 0. The molecule has 0 aromatic heterocycles. The maximum atomic E-state index is 12.3. The summed E-state index contributed by atoms with van der Waals surface area (Å²) in [6, 6.07) is 0. The Hall–Kier alpha value is -2.19. The molecule has 0 N–H and O–H groups in total. The number of carbonyl (C=O) groups excluding carboxylic acids is 3. The Morgan fingerprint density at radius 1 is 0.846 bits per heavy atom. The number of rotatable bonds is 6. The molecular formula is C17H26O9. The molecule has 2 aliphatic rings. The van der Waals surface area contributed by atoms with Gasteiger partial charge in [0.25, 0.3) is 0 Å². The molecular weight excluding hydrogens is 348 g/mol. The van der Waals surface area contributed by atoms with E-state index >= 15 is 0 Å². The Balaban J connectivity index is 1.96. The van der Waals surface area contributed by atoms with Gasteiger partial charge in [-0.25, -0.2) is 14.4 Å². The quantitative estimate of drug-likeness (QED) is 0.512. The third kappa shape index (κ3) is 4.50. The minimum Gasteiger partial charge on any atom is -0.433 e. The first-order chi connectivity index (χ1) is 12.2. The summed E-state index contributed by atoms with van der Waals surface area (Å²) in [6.07, 6.45) is -2.39. The van der Waals surface area contributed by atoms with Gasteiger partial charge in [-0.2, -0.15) is 0 Å². The van der Waals surface area contributed by atoms with E-state index in [1.54, 1.807) is 0 Å². The van der Waals surface area contributed by atoms with Crippen LogP contribution >= 0.6 is 0 Å². The van der Waals surface area contributed by atoms with E-state index < -0.39 is 41.5 Å². The zero-order chi connectivity index (χ0) is 19.4. The predicted molar refractivity (Wildman–Crippen MR) is 86.5 cm³/mol. The van der Waals surface area contributed by atoms with Crippen LogP contribution in [-0.2, 0) is 28.4 Å². The van der Waals surface area contributed by atoms with Gasteiger partial charge in [0.05, 0.1) is 10.8 Å². The van der Waals surface area contributed by atoms with E-state index in [1.807, 2.05) is 27.7 Å². The van der Waals surface area contributed by atoms with Crippen LogP contribution in [0.1, 0.15) is 40.5 Å². The standard InChI is InChI=1S/C17H26O9/c1-5-11(16(3)7-21-13(18)22-8-16)25-15(20)26-12(6-2)17(4)9-23-14(19)24-10-17/h11-12H,5-10H2,1-4H3. The van der Waals surface area contributed by atoms with E-state index in [-0.39, 0.29) is 26.4 Å². The van der Waals surface area contributed by atoms with Crippen LogP contribution in [0.3, 0.4) is 0 Å². The fourth-order valence-electron chi connectivity index (χ4n) is 3.13. The van der Waals surface area contributed by atoms with Crippen LogP contribution in [0.25, 0.3) is 0 Å². The number of cyclic esters (lactones) is 4. The molecule has 0 aromatic rings. The predicted octanol–water partition coefficient (Wildman–Crippen LogP) is 3.04. The first-order valence-electron chi connectivity index (χ1n) is 8.69. The van der Waals surface area contributed by atoms with Crippen molar-refractivity contribution in [2.24, 2.45) is 10.8 Å². The largest absolute Gasteiger partial charge is 0.508 e. The maximum absolute atomic E-state index is 12.3. The molecule has 2 atom stereocenters. The molecule has 26 heavy (non-hydrogen) atoms. The molecule has 0 radical (unpaired) electrons. The van der Waals surface area contributed by atoms with Crippen LogP contribution in [0.5, 0.6) is 0 Å². The molecule has 2 heterocycles. The lowest BCUT2D eigenvalue weighted by molar-refractivity contribution is -0.138. The van der Waals surface area contributed by atoms with Gasteiger partial charge in [0.1, 0.15) is 38.6 Å². The van der Waals surface area contributed by atoms with Gasteiger partial charge >= 0.3 is 18.5 Å². The molecule has 148 valence electrons.